The van der Waals surface area contributed by atoms with Crippen molar-refractivity contribution >= 4 is 23.3 Å². The molecule has 2 heterocycles. The first kappa shape index (κ1) is 14.2. The summed E-state index contributed by atoms with van der Waals surface area (Å²) in [5, 5.41) is 9.52. The van der Waals surface area contributed by atoms with Crippen molar-refractivity contribution in [3.63, 3.8) is 0 Å². The average Bonchev–Trinajstić information content (AvgIpc) is 2.86. The Bertz CT molecular complexity index is 686. The maximum atomic E-state index is 12.9. The van der Waals surface area contributed by atoms with Crippen LogP contribution >= 0.6 is 11.6 Å². The molecule has 1 aliphatic rings. The van der Waals surface area contributed by atoms with Crippen LogP contribution in [0.4, 0.5) is 13.2 Å². The van der Waals surface area contributed by atoms with E-state index in [-0.39, 0.29) is 12.1 Å². The lowest BCUT2D eigenvalue weighted by Gasteiger charge is -2.17. The maximum Gasteiger partial charge on any atom is 0.433 e. The minimum Gasteiger partial charge on any atom is -0.308 e. The van der Waals surface area contributed by atoms with Crippen LogP contribution in [0, 0.1) is 0 Å². The van der Waals surface area contributed by atoms with E-state index >= 15 is 0 Å². The van der Waals surface area contributed by atoms with E-state index in [0.717, 1.165) is 5.56 Å². The van der Waals surface area contributed by atoms with Crippen LogP contribution in [0.1, 0.15) is 22.5 Å². The monoisotopic (exact) mass is 313 g/mol. The van der Waals surface area contributed by atoms with Crippen LogP contribution in [0.5, 0.6) is 0 Å². The molecule has 0 amide bonds. The van der Waals surface area contributed by atoms with E-state index in [1.807, 2.05) is 6.08 Å². The molecule has 0 unspecified atom stereocenters. The van der Waals surface area contributed by atoms with Crippen molar-refractivity contribution in [2.45, 2.75) is 12.7 Å². The SMILES string of the molecule is FC(F)(F)c1[nH]nc2c1CNC/C2=C\c1ccc(Cl)cc1. The molecule has 3 nitrogen and oxygen atoms in total. The van der Waals surface area contributed by atoms with Crippen molar-refractivity contribution in [2.24, 2.45) is 0 Å². The molecule has 1 aromatic heterocycles. The van der Waals surface area contributed by atoms with Crippen molar-refractivity contribution in [1.29, 1.82) is 0 Å². The smallest absolute Gasteiger partial charge is 0.308 e. The first-order chi connectivity index (χ1) is 9.95. The fourth-order valence-corrected chi connectivity index (χ4v) is 2.45. The number of nitrogens with zero attached hydrogens (tertiary/aromatic N) is 1. The lowest BCUT2D eigenvalue weighted by molar-refractivity contribution is -0.141. The number of rotatable bonds is 1. The Morgan fingerprint density at radius 2 is 1.86 bits per heavy atom. The molecule has 0 fully saturated rings. The third kappa shape index (κ3) is 2.82. The van der Waals surface area contributed by atoms with Crippen LogP contribution in [0.2, 0.25) is 5.02 Å². The Hall–Kier alpha value is -1.79. The van der Waals surface area contributed by atoms with E-state index < -0.39 is 11.9 Å². The summed E-state index contributed by atoms with van der Waals surface area (Å²) in [7, 11) is 0. The third-order valence-electron chi connectivity index (χ3n) is 3.28. The molecule has 110 valence electrons. The zero-order valence-corrected chi connectivity index (χ0v) is 11.5. The van der Waals surface area contributed by atoms with Gasteiger partial charge in [0.2, 0.25) is 0 Å². The normalized spacial score (nSPS) is 17.0. The third-order valence-corrected chi connectivity index (χ3v) is 3.53. The van der Waals surface area contributed by atoms with Gasteiger partial charge in [0.1, 0.15) is 5.69 Å². The number of fused-ring (bicyclic) bond motifs is 1. The van der Waals surface area contributed by atoms with E-state index in [2.05, 4.69) is 15.5 Å². The van der Waals surface area contributed by atoms with Gasteiger partial charge in [0.15, 0.2) is 0 Å². The van der Waals surface area contributed by atoms with Crippen molar-refractivity contribution in [3.8, 4) is 0 Å². The summed E-state index contributed by atoms with van der Waals surface area (Å²) < 4.78 is 38.6. The molecule has 1 aliphatic heterocycles. The van der Waals surface area contributed by atoms with Crippen LogP contribution in [0.15, 0.2) is 24.3 Å². The average molecular weight is 314 g/mol. The number of alkyl halides is 3. The van der Waals surface area contributed by atoms with Gasteiger partial charge in [-0.25, -0.2) is 0 Å². The molecule has 0 radical (unpaired) electrons. The van der Waals surface area contributed by atoms with E-state index in [4.69, 9.17) is 11.6 Å². The largest absolute Gasteiger partial charge is 0.433 e. The molecule has 1 aromatic carbocycles. The second kappa shape index (κ2) is 5.20. The fourth-order valence-electron chi connectivity index (χ4n) is 2.32. The van der Waals surface area contributed by atoms with Crippen molar-refractivity contribution in [3.05, 3.63) is 51.8 Å². The molecule has 0 atom stereocenters. The number of aromatic amines is 1. The summed E-state index contributed by atoms with van der Waals surface area (Å²) in [4.78, 5) is 0. The minimum atomic E-state index is -4.43. The highest BCUT2D eigenvalue weighted by atomic mass is 35.5. The standard InChI is InChI=1S/C14H11ClF3N3/c15-10-3-1-8(2-4-10)5-9-6-19-7-11-12(9)20-21-13(11)14(16,17)18/h1-5,19H,6-7H2,(H,20,21)/b9-5+. The van der Waals surface area contributed by atoms with Crippen molar-refractivity contribution < 1.29 is 13.2 Å². The van der Waals surface area contributed by atoms with E-state index in [1.165, 1.54) is 0 Å². The number of benzene rings is 1. The lowest BCUT2D eigenvalue weighted by atomic mass is 9.99. The molecular weight excluding hydrogens is 303 g/mol. The Labute approximate surface area is 123 Å². The number of H-pyrrole nitrogens is 1. The molecule has 0 saturated carbocycles. The van der Waals surface area contributed by atoms with Gasteiger partial charge in [0, 0.05) is 23.7 Å². The van der Waals surface area contributed by atoms with Gasteiger partial charge < -0.3 is 5.32 Å². The number of hydrogen-bond donors (Lipinski definition) is 2. The van der Waals surface area contributed by atoms with Gasteiger partial charge in [-0.3, -0.25) is 5.10 Å². The quantitative estimate of drug-likeness (QED) is 0.842. The van der Waals surface area contributed by atoms with E-state index in [9.17, 15) is 13.2 Å². The summed E-state index contributed by atoms with van der Waals surface area (Å²) in [6.45, 7) is 0.621. The van der Waals surface area contributed by atoms with Gasteiger partial charge in [-0.2, -0.15) is 18.3 Å². The molecule has 2 N–H and O–H groups in total. The number of halogens is 4. The second-order valence-corrected chi connectivity index (χ2v) is 5.18. The Morgan fingerprint density at radius 3 is 2.52 bits per heavy atom. The minimum absolute atomic E-state index is 0.151. The molecule has 7 heteroatoms. The lowest BCUT2D eigenvalue weighted by Crippen LogP contribution is -2.24. The Balaban J connectivity index is 2.01. The van der Waals surface area contributed by atoms with Crippen LogP contribution in [-0.4, -0.2) is 16.7 Å². The Kier molecular flexibility index (Phi) is 3.51. The Morgan fingerprint density at radius 1 is 1.14 bits per heavy atom. The fraction of sp³-hybridized carbons (Fsp3) is 0.214. The summed E-state index contributed by atoms with van der Waals surface area (Å²) in [6.07, 6.45) is -2.62. The maximum absolute atomic E-state index is 12.9. The molecule has 3 rings (SSSR count). The number of nitrogens with one attached hydrogen (secondary N) is 2. The molecule has 0 bridgehead atoms. The molecular formula is C14H11ClF3N3. The molecule has 21 heavy (non-hydrogen) atoms. The van der Waals surface area contributed by atoms with Gasteiger partial charge in [0.25, 0.3) is 0 Å². The number of hydrogen-bond acceptors (Lipinski definition) is 2. The summed E-state index contributed by atoms with van der Waals surface area (Å²) in [6, 6.07) is 7.08. The molecule has 0 saturated heterocycles. The zero-order valence-electron chi connectivity index (χ0n) is 10.8. The highest BCUT2D eigenvalue weighted by molar-refractivity contribution is 6.30. The summed E-state index contributed by atoms with van der Waals surface area (Å²) >= 11 is 5.81. The van der Waals surface area contributed by atoms with Crippen LogP contribution < -0.4 is 5.32 Å². The first-order valence-electron chi connectivity index (χ1n) is 6.27. The summed E-state index contributed by atoms with van der Waals surface area (Å²) in [5.74, 6) is 0. The topological polar surface area (TPSA) is 40.7 Å². The van der Waals surface area contributed by atoms with Crippen molar-refractivity contribution in [1.82, 2.24) is 15.5 Å². The van der Waals surface area contributed by atoms with Gasteiger partial charge >= 0.3 is 6.18 Å². The first-order valence-corrected chi connectivity index (χ1v) is 6.64. The highest BCUT2D eigenvalue weighted by Gasteiger charge is 2.38. The van der Waals surface area contributed by atoms with Gasteiger partial charge in [0.05, 0.1) is 5.69 Å². The molecule has 0 aliphatic carbocycles. The van der Waals surface area contributed by atoms with Gasteiger partial charge in [-0.1, -0.05) is 23.7 Å². The van der Waals surface area contributed by atoms with Crippen molar-refractivity contribution in [2.75, 3.05) is 6.54 Å². The van der Waals surface area contributed by atoms with Gasteiger partial charge in [-0.15, -0.1) is 0 Å². The predicted octanol–water partition coefficient (Wildman–Crippen LogP) is 3.73. The number of aromatic nitrogens is 2. The summed E-state index contributed by atoms with van der Waals surface area (Å²) in [5.41, 5.74) is 1.32. The zero-order chi connectivity index (χ0) is 15.0. The van der Waals surface area contributed by atoms with Crippen LogP contribution in [-0.2, 0) is 12.7 Å². The second-order valence-electron chi connectivity index (χ2n) is 4.75. The molecule has 0 spiro atoms. The van der Waals surface area contributed by atoms with Crippen LogP contribution in [0.25, 0.3) is 11.6 Å². The van der Waals surface area contributed by atoms with E-state index in [1.54, 1.807) is 24.3 Å². The highest BCUT2D eigenvalue weighted by Crippen LogP contribution is 2.35. The van der Waals surface area contributed by atoms with Crippen LogP contribution in [0.3, 0.4) is 0 Å². The van der Waals surface area contributed by atoms with Gasteiger partial charge in [-0.05, 0) is 29.3 Å². The molecule has 2 aromatic rings. The predicted molar refractivity (Wildman–Crippen MR) is 74.6 cm³/mol. The van der Waals surface area contributed by atoms with E-state index in [0.29, 0.717) is 22.8 Å².